The lowest BCUT2D eigenvalue weighted by atomic mass is 9.88. The number of carbonyl (C=O) groups excluding carboxylic acids is 2. The summed E-state index contributed by atoms with van der Waals surface area (Å²) in [7, 11) is 0. The minimum absolute atomic E-state index is 0.0828. The predicted octanol–water partition coefficient (Wildman–Crippen LogP) is 2.68. The molecule has 1 saturated heterocycles. The van der Waals surface area contributed by atoms with Gasteiger partial charge in [0.2, 0.25) is 11.8 Å². The Labute approximate surface area is 184 Å². The number of hydrogen-bond donors (Lipinski definition) is 1. The Kier molecular flexibility index (Phi) is 7.09. The Bertz CT molecular complexity index is 943. The van der Waals surface area contributed by atoms with Crippen LogP contribution < -0.4 is 10.9 Å². The van der Waals surface area contributed by atoms with Gasteiger partial charge in [0.05, 0.1) is 11.4 Å². The van der Waals surface area contributed by atoms with Crippen LogP contribution in [0.4, 0.5) is 0 Å². The SMILES string of the molecule is O=C(NC1CCN(C(=O)CSCc2cc(=O)n3ccsc3n2)CC1)C1CCCCC1. The van der Waals surface area contributed by atoms with E-state index < -0.39 is 0 Å². The maximum Gasteiger partial charge on any atom is 0.258 e. The second-order valence-corrected chi connectivity index (χ2v) is 9.99. The molecule has 0 aromatic carbocycles. The number of piperidine rings is 1. The maximum atomic E-state index is 12.5. The van der Waals surface area contributed by atoms with Crippen LogP contribution in [0.15, 0.2) is 22.4 Å². The number of thioether (sulfide) groups is 1. The molecule has 1 saturated carbocycles. The Balaban J connectivity index is 1.18. The molecule has 7 nitrogen and oxygen atoms in total. The lowest BCUT2D eigenvalue weighted by Crippen LogP contribution is -2.48. The molecule has 2 aliphatic rings. The lowest BCUT2D eigenvalue weighted by Gasteiger charge is -2.33. The molecule has 1 N–H and O–H groups in total. The van der Waals surface area contributed by atoms with Crippen molar-refractivity contribution in [3.63, 3.8) is 0 Å². The number of aromatic nitrogens is 2. The maximum absolute atomic E-state index is 12.5. The number of rotatable bonds is 6. The summed E-state index contributed by atoms with van der Waals surface area (Å²) in [6, 6.07) is 1.73. The van der Waals surface area contributed by atoms with E-state index >= 15 is 0 Å². The summed E-state index contributed by atoms with van der Waals surface area (Å²) >= 11 is 2.92. The quantitative estimate of drug-likeness (QED) is 0.735. The van der Waals surface area contributed by atoms with Crippen LogP contribution in [0.5, 0.6) is 0 Å². The van der Waals surface area contributed by atoms with Crippen molar-refractivity contribution in [1.82, 2.24) is 19.6 Å². The normalized spacial score (nSPS) is 18.6. The molecule has 2 amide bonds. The van der Waals surface area contributed by atoms with E-state index in [4.69, 9.17) is 0 Å². The van der Waals surface area contributed by atoms with Gasteiger partial charge >= 0.3 is 0 Å². The van der Waals surface area contributed by atoms with Crippen molar-refractivity contribution in [3.05, 3.63) is 33.7 Å². The summed E-state index contributed by atoms with van der Waals surface area (Å²) in [5.74, 6) is 1.44. The molecule has 3 heterocycles. The minimum atomic E-state index is -0.0828. The predicted molar refractivity (Wildman–Crippen MR) is 120 cm³/mol. The van der Waals surface area contributed by atoms with E-state index in [-0.39, 0.29) is 29.3 Å². The minimum Gasteiger partial charge on any atom is -0.353 e. The number of likely N-dealkylation sites (tertiary alicyclic amines) is 1. The fourth-order valence-corrected chi connectivity index (χ4v) is 5.81. The van der Waals surface area contributed by atoms with Crippen molar-refractivity contribution in [2.45, 2.75) is 56.7 Å². The van der Waals surface area contributed by atoms with Crippen LogP contribution in [0, 0.1) is 5.92 Å². The van der Waals surface area contributed by atoms with Gasteiger partial charge in [-0.05, 0) is 25.7 Å². The van der Waals surface area contributed by atoms with Gasteiger partial charge in [-0.2, -0.15) is 0 Å². The highest BCUT2D eigenvalue weighted by Crippen LogP contribution is 2.24. The second kappa shape index (κ2) is 9.96. The summed E-state index contributed by atoms with van der Waals surface area (Å²) in [5.41, 5.74) is 0.630. The topological polar surface area (TPSA) is 83.8 Å². The number of nitrogens with zero attached hydrogens (tertiary/aromatic N) is 3. The average Bonchev–Trinajstić information content (AvgIpc) is 3.24. The summed E-state index contributed by atoms with van der Waals surface area (Å²) in [4.78, 5) is 44.0. The largest absolute Gasteiger partial charge is 0.353 e. The molecule has 0 unspecified atom stereocenters. The zero-order valence-electron chi connectivity index (χ0n) is 17.0. The molecule has 4 rings (SSSR count). The number of carbonyl (C=O) groups is 2. The van der Waals surface area contributed by atoms with Crippen molar-refractivity contribution in [2.24, 2.45) is 5.92 Å². The molecule has 1 aliphatic carbocycles. The van der Waals surface area contributed by atoms with Gasteiger partial charge in [0.25, 0.3) is 5.56 Å². The van der Waals surface area contributed by atoms with Gasteiger partial charge in [-0.25, -0.2) is 4.98 Å². The van der Waals surface area contributed by atoms with Crippen LogP contribution in [0.2, 0.25) is 0 Å². The Morgan fingerprint density at radius 3 is 2.70 bits per heavy atom. The molecule has 2 aromatic heterocycles. The van der Waals surface area contributed by atoms with Crippen LogP contribution in [-0.4, -0.2) is 51.0 Å². The number of fused-ring (bicyclic) bond motifs is 1. The zero-order valence-corrected chi connectivity index (χ0v) is 18.7. The molecule has 2 fully saturated rings. The van der Waals surface area contributed by atoms with Crippen LogP contribution in [0.25, 0.3) is 4.96 Å². The van der Waals surface area contributed by atoms with E-state index in [0.29, 0.717) is 35.3 Å². The van der Waals surface area contributed by atoms with Gasteiger partial charge in [0, 0.05) is 48.4 Å². The molecular weight excluding hydrogens is 420 g/mol. The van der Waals surface area contributed by atoms with E-state index in [9.17, 15) is 14.4 Å². The highest BCUT2D eigenvalue weighted by atomic mass is 32.2. The van der Waals surface area contributed by atoms with E-state index in [1.165, 1.54) is 40.0 Å². The molecule has 0 radical (unpaired) electrons. The number of thiazole rings is 1. The van der Waals surface area contributed by atoms with Crippen molar-refractivity contribution < 1.29 is 9.59 Å². The third kappa shape index (κ3) is 5.24. The van der Waals surface area contributed by atoms with E-state index in [2.05, 4.69) is 10.3 Å². The highest BCUT2D eigenvalue weighted by Gasteiger charge is 2.27. The smallest absolute Gasteiger partial charge is 0.258 e. The molecular formula is C21H28N4O3S2. The second-order valence-electron chi connectivity index (χ2n) is 8.13. The number of hydrogen-bond acceptors (Lipinski definition) is 6. The van der Waals surface area contributed by atoms with Crippen molar-refractivity contribution in [2.75, 3.05) is 18.8 Å². The third-order valence-corrected chi connectivity index (χ3v) is 7.71. The van der Waals surface area contributed by atoms with Gasteiger partial charge in [-0.15, -0.1) is 23.1 Å². The molecule has 0 atom stereocenters. The Morgan fingerprint density at radius 1 is 1.17 bits per heavy atom. The van der Waals surface area contributed by atoms with Gasteiger partial charge < -0.3 is 10.2 Å². The molecule has 2 aromatic rings. The van der Waals surface area contributed by atoms with Crippen LogP contribution in [0.1, 0.15) is 50.6 Å². The first-order valence-electron chi connectivity index (χ1n) is 10.7. The standard InChI is InChI=1S/C21H28N4O3S2/c26-18-12-17(23-21-25(18)10-11-30-21)13-29-14-19(27)24-8-6-16(7-9-24)22-20(28)15-4-2-1-3-5-15/h10-12,15-16H,1-9,13-14H2,(H,22,28). The zero-order chi connectivity index (χ0) is 20.9. The van der Waals surface area contributed by atoms with Crippen LogP contribution in [0.3, 0.4) is 0 Å². The summed E-state index contributed by atoms with van der Waals surface area (Å²) < 4.78 is 1.53. The van der Waals surface area contributed by atoms with Crippen molar-refractivity contribution in [1.29, 1.82) is 0 Å². The molecule has 0 bridgehead atoms. The average molecular weight is 449 g/mol. The first-order chi connectivity index (χ1) is 14.6. The molecule has 1 aliphatic heterocycles. The Morgan fingerprint density at radius 2 is 1.93 bits per heavy atom. The Hall–Kier alpha value is -1.87. The molecule has 9 heteroatoms. The third-order valence-electron chi connectivity index (χ3n) is 6.00. The molecule has 162 valence electrons. The van der Waals surface area contributed by atoms with E-state index in [0.717, 1.165) is 38.5 Å². The van der Waals surface area contributed by atoms with Gasteiger partial charge in [0.1, 0.15) is 0 Å². The highest BCUT2D eigenvalue weighted by molar-refractivity contribution is 7.99. The monoisotopic (exact) mass is 448 g/mol. The fourth-order valence-electron chi connectivity index (χ4n) is 4.25. The van der Waals surface area contributed by atoms with Crippen molar-refractivity contribution in [3.8, 4) is 0 Å². The summed E-state index contributed by atoms with van der Waals surface area (Å²) in [6.07, 6.45) is 8.96. The lowest BCUT2D eigenvalue weighted by molar-refractivity contribution is -0.130. The first kappa shape index (κ1) is 21.4. The van der Waals surface area contributed by atoms with Crippen molar-refractivity contribution >= 4 is 39.9 Å². The fraction of sp³-hybridized carbons (Fsp3) is 0.619. The van der Waals surface area contributed by atoms with Crippen LogP contribution in [-0.2, 0) is 15.3 Å². The van der Waals surface area contributed by atoms with Gasteiger partial charge in [0.15, 0.2) is 4.96 Å². The van der Waals surface area contributed by atoms with E-state index in [1.807, 2.05) is 10.3 Å². The summed E-state index contributed by atoms with van der Waals surface area (Å²) in [5, 5.41) is 5.05. The number of nitrogens with one attached hydrogen (secondary N) is 1. The first-order valence-corrected chi connectivity index (χ1v) is 12.8. The van der Waals surface area contributed by atoms with Crippen LogP contribution >= 0.6 is 23.1 Å². The number of amides is 2. The van der Waals surface area contributed by atoms with E-state index in [1.54, 1.807) is 6.20 Å². The van der Waals surface area contributed by atoms with Gasteiger partial charge in [-0.1, -0.05) is 19.3 Å². The molecule has 30 heavy (non-hydrogen) atoms. The van der Waals surface area contributed by atoms with Gasteiger partial charge in [-0.3, -0.25) is 18.8 Å². The summed E-state index contributed by atoms with van der Waals surface area (Å²) in [6.45, 7) is 1.38. The molecule has 0 spiro atoms.